The van der Waals surface area contributed by atoms with Crippen LogP contribution in [0.2, 0.25) is 0 Å². The quantitative estimate of drug-likeness (QED) is 0.481. The zero-order chi connectivity index (χ0) is 25.2. The number of hydrogen-bond acceptors (Lipinski definition) is 6. The first kappa shape index (κ1) is 24.3. The highest BCUT2D eigenvalue weighted by Crippen LogP contribution is 2.35. The fourth-order valence-corrected chi connectivity index (χ4v) is 4.16. The van der Waals surface area contributed by atoms with Crippen LogP contribution in [-0.2, 0) is 33.4 Å². The number of ether oxygens (including phenoxy) is 1. The van der Waals surface area contributed by atoms with Gasteiger partial charge in [0.05, 0.1) is 12.2 Å². The van der Waals surface area contributed by atoms with E-state index in [1.54, 1.807) is 12.1 Å². The lowest BCUT2D eigenvalue weighted by Crippen LogP contribution is -2.52. The summed E-state index contributed by atoms with van der Waals surface area (Å²) in [5, 5.41) is 13.3. The second-order valence-corrected chi connectivity index (χ2v) is 8.22. The minimum Gasteiger partial charge on any atom is -0.491 e. The lowest BCUT2D eigenvalue weighted by Gasteiger charge is -2.29. The summed E-state index contributed by atoms with van der Waals surface area (Å²) in [6.07, 6.45) is 0.363. The highest BCUT2D eigenvalue weighted by molar-refractivity contribution is 6.05. The van der Waals surface area contributed by atoms with E-state index < -0.39 is 29.3 Å². The number of carbonyl (C=O) groups excluding carboxylic acids is 4. The fourth-order valence-electron chi connectivity index (χ4n) is 4.16. The highest BCUT2D eigenvalue weighted by Gasteiger charge is 2.43. The number of halogens is 2. The van der Waals surface area contributed by atoms with Crippen LogP contribution in [0.4, 0.5) is 8.78 Å². The van der Waals surface area contributed by atoms with Crippen LogP contribution in [0.25, 0.3) is 0 Å². The third kappa shape index (κ3) is 4.85. The molecule has 2 aromatic carbocycles. The number of amides is 4. The maximum absolute atomic E-state index is 14.9. The smallest absolute Gasteiger partial charge is 0.353 e. The molecule has 184 valence electrons. The number of carbonyl (C=O) groups is 4. The number of para-hydroxylation sites is 1. The summed E-state index contributed by atoms with van der Waals surface area (Å²) in [5.74, 6) is -6.88. The number of aliphatic hydroxyl groups is 1. The van der Waals surface area contributed by atoms with Crippen molar-refractivity contribution in [2.45, 2.75) is 37.9 Å². The Kier molecular flexibility index (Phi) is 6.79. The molecule has 35 heavy (non-hydrogen) atoms. The molecule has 1 atom stereocenters. The second kappa shape index (κ2) is 9.79. The van der Waals surface area contributed by atoms with Crippen molar-refractivity contribution in [1.82, 2.24) is 15.5 Å². The molecule has 0 aliphatic carbocycles. The molecule has 2 aliphatic heterocycles. The van der Waals surface area contributed by atoms with Gasteiger partial charge in [-0.15, -0.1) is 0 Å². The summed E-state index contributed by atoms with van der Waals surface area (Å²) >= 11 is 0. The molecule has 2 aliphatic rings. The molecule has 2 aromatic rings. The number of fused-ring (bicyclic) bond motifs is 1. The molecular formula is C24H23F2N3O6. The van der Waals surface area contributed by atoms with Crippen LogP contribution in [0.15, 0.2) is 42.5 Å². The summed E-state index contributed by atoms with van der Waals surface area (Å²) in [5.41, 5.74) is 0.854. The second-order valence-electron chi connectivity index (χ2n) is 8.22. The van der Waals surface area contributed by atoms with Crippen molar-refractivity contribution in [2.75, 3.05) is 13.2 Å². The van der Waals surface area contributed by atoms with E-state index in [9.17, 15) is 28.0 Å². The Hall–Kier alpha value is -3.86. The SMILES string of the molecule is O=C1CCC(N2Cc3cc(CNC(=O)C(F)(F)c4ccccc4OCCO)ccc3C2=O)C(=O)N1. The Morgan fingerprint density at radius 3 is 2.71 bits per heavy atom. The van der Waals surface area contributed by atoms with Gasteiger partial charge < -0.3 is 20.1 Å². The predicted molar refractivity (Wildman–Crippen MR) is 117 cm³/mol. The summed E-state index contributed by atoms with van der Waals surface area (Å²) in [4.78, 5) is 50.1. The van der Waals surface area contributed by atoms with E-state index in [2.05, 4.69) is 10.6 Å². The molecule has 9 nitrogen and oxygen atoms in total. The Labute approximate surface area is 199 Å². The Morgan fingerprint density at radius 2 is 1.97 bits per heavy atom. The van der Waals surface area contributed by atoms with Gasteiger partial charge in [0.15, 0.2) is 0 Å². The van der Waals surface area contributed by atoms with Crippen molar-refractivity contribution in [1.29, 1.82) is 0 Å². The van der Waals surface area contributed by atoms with E-state index >= 15 is 0 Å². The first-order valence-corrected chi connectivity index (χ1v) is 11.0. The first-order chi connectivity index (χ1) is 16.7. The van der Waals surface area contributed by atoms with Gasteiger partial charge in [0.2, 0.25) is 11.8 Å². The summed E-state index contributed by atoms with van der Waals surface area (Å²) in [6, 6.07) is 9.14. The molecule has 3 N–H and O–H groups in total. The van der Waals surface area contributed by atoms with E-state index in [-0.39, 0.29) is 56.7 Å². The average molecular weight is 487 g/mol. The Balaban J connectivity index is 1.43. The number of nitrogens with one attached hydrogen (secondary N) is 2. The van der Waals surface area contributed by atoms with Gasteiger partial charge in [-0.25, -0.2) is 0 Å². The molecule has 0 radical (unpaired) electrons. The van der Waals surface area contributed by atoms with Crippen molar-refractivity contribution in [3.8, 4) is 5.75 Å². The Bertz CT molecular complexity index is 1190. The molecule has 1 saturated heterocycles. The number of hydrogen-bond donors (Lipinski definition) is 3. The number of nitrogens with zero attached hydrogens (tertiary/aromatic N) is 1. The number of piperidine rings is 1. The monoisotopic (exact) mass is 487 g/mol. The molecule has 1 unspecified atom stereocenters. The third-order valence-corrected chi connectivity index (χ3v) is 5.90. The van der Waals surface area contributed by atoms with Gasteiger partial charge in [0, 0.05) is 25.1 Å². The first-order valence-electron chi connectivity index (χ1n) is 11.0. The maximum Gasteiger partial charge on any atom is 0.353 e. The van der Waals surface area contributed by atoms with E-state index in [0.717, 1.165) is 6.07 Å². The van der Waals surface area contributed by atoms with E-state index in [1.165, 1.54) is 29.2 Å². The van der Waals surface area contributed by atoms with Gasteiger partial charge in [-0.1, -0.05) is 24.3 Å². The number of rotatable bonds is 8. The van der Waals surface area contributed by atoms with Crippen LogP contribution in [0.1, 0.15) is 39.9 Å². The standard InChI is InChI=1S/C24H23F2N3O6/c25-24(26,17-3-1-2-4-19(17)35-10-9-30)23(34)27-12-14-5-6-16-15(11-14)13-29(22(16)33)18-7-8-20(31)28-21(18)32/h1-6,11,18,30H,7-10,12-13H2,(H,27,34)(H,28,31,32). The summed E-state index contributed by atoms with van der Waals surface area (Å²) in [6.45, 7) is -0.645. The largest absolute Gasteiger partial charge is 0.491 e. The van der Waals surface area contributed by atoms with Crippen molar-refractivity contribution in [3.05, 3.63) is 64.7 Å². The van der Waals surface area contributed by atoms with E-state index in [0.29, 0.717) is 16.7 Å². The van der Waals surface area contributed by atoms with Gasteiger partial charge in [-0.05, 0) is 35.7 Å². The highest BCUT2D eigenvalue weighted by atomic mass is 19.3. The number of aliphatic hydroxyl groups excluding tert-OH is 1. The van der Waals surface area contributed by atoms with Crippen LogP contribution in [0, 0.1) is 0 Å². The molecule has 0 saturated carbocycles. The van der Waals surface area contributed by atoms with Crippen molar-refractivity contribution in [3.63, 3.8) is 0 Å². The van der Waals surface area contributed by atoms with Crippen LogP contribution in [0.5, 0.6) is 5.75 Å². The zero-order valence-electron chi connectivity index (χ0n) is 18.6. The molecule has 0 bridgehead atoms. The molecule has 4 amide bonds. The number of alkyl halides is 2. The van der Waals surface area contributed by atoms with Crippen LogP contribution in [0.3, 0.4) is 0 Å². The number of benzene rings is 2. The lowest BCUT2D eigenvalue weighted by atomic mass is 10.0. The maximum atomic E-state index is 14.9. The normalized spacial score (nSPS) is 17.7. The van der Waals surface area contributed by atoms with Crippen LogP contribution < -0.4 is 15.4 Å². The molecule has 0 aromatic heterocycles. The van der Waals surface area contributed by atoms with Crippen molar-refractivity contribution < 1.29 is 37.8 Å². The predicted octanol–water partition coefficient (Wildman–Crippen LogP) is 1.23. The van der Waals surface area contributed by atoms with Gasteiger partial charge in [0.1, 0.15) is 18.4 Å². The molecule has 0 spiro atoms. The lowest BCUT2D eigenvalue weighted by molar-refractivity contribution is -0.147. The average Bonchev–Trinajstić information content (AvgIpc) is 3.16. The van der Waals surface area contributed by atoms with Crippen molar-refractivity contribution >= 4 is 23.6 Å². The summed E-state index contributed by atoms with van der Waals surface area (Å²) < 4.78 is 34.9. The molecule has 1 fully saturated rings. The van der Waals surface area contributed by atoms with Crippen LogP contribution in [-0.4, -0.2) is 52.9 Å². The number of imide groups is 1. The third-order valence-electron chi connectivity index (χ3n) is 5.90. The minimum atomic E-state index is -3.89. The van der Waals surface area contributed by atoms with Gasteiger partial charge in [-0.3, -0.25) is 24.5 Å². The minimum absolute atomic E-state index is 0.133. The molecule has 11 heteroatoms. The zero-order valence-corrected chi connectivity index (χ0v) is 18.6. The van der Waals surface area contributed by atoms with Crippen molar-refractivity contribution in [2.24, 2.45) is 0 Å². The topological polar surface area (TPSA) is 125 Å². The summed E-state index contributed by atoms with van der Waals surface area (Å²) in [7, 11) is 0. The van der Waals surface area contributed by atoms with Gasteiger partial charge >= 0.3 is 5.92 Å². The molecular weight excluding hydrogens is 464 g/mol. The van der Waals surface area contributed by atoms with Gasteiger partial charge in [-0.2, -0.15) is 8.78 Å². The fraction of sp³-hybridized carbons (Fsp3) is 0.333. The van der Waals surface area contributed by atoms with E-state index in [1.807, 2.05) is 0 Å². The molecule has 2 heterocycles. The van der Waals surface area contributed by atoms with E-state index in [4.69, 9.17) is 9.84 Å². The van der Waals surface area contributed by atoms with Gasteiger partial charge in [0.25, 0.3) is 11.8 Å². The molecule has 4 rings (SSSR count). The Morgan fingerprint density at radius 1 is 1.20 bits per heavy atom. The van der Waals surface area contributed by atoms with Crippen LogP contribution >= 0.6 is 0 Å².